The normalized spacial score (nSPS) is 15.8. The summed E-state index contributed by atoms with van der Waals surface area (Å²) in [6, 6.07) is 13.0. The molecular formula is C25H34N2O4S. The van der Waals surface area contributed by atoms with Gasteiger partial charge in [-0.3, -0.25) is 4.79 Å². The highest BCUT2D eigenvalue weighted by atomic mass is 32.2. The quantitative estimate of drug-likeness (QED) is 0.605. The van der Waals surface area contributed by atoms with Crippen molar-refractivity contribution in [3.05, 3.63) is 59.2 Å². The fourth-order valence-corrected chi connectivity index (χ4v) is 5.83. The van der Waals surface area contributed by atoms with E-state index in [0.717, 1.165) is 42.4 Å². The summed E-state index contributed by atoms with van der Waals surface area (Å²) in [5.41, 5.74) is 3.00. The highest BCUT2D eigenvalue weighted by Gasteiger charge is 2.26. The number of nitrogens with zero attached hydrogens (tertiary/aromatic N) is 1. The van der Waals surface area contributed by atoms with E-state index in [9.17, 15) is 13.2 Å². The van der Waals surface area contributed by atoms with E-state index in [0.29, 0.717) is 25.3 Å². The SMILES string of the molecule is CCC(NC(=O)CCc1cc(S(=O)(=O)N2CCCCC2)ccc1OC)c1ccccc1C. The lowest BCUT2D eigenvalue weighted by Gasteiger charge is -2.26. The third-order valence-corrected chi connectivity index (χ3v) is 8.03. The van der Waals surface area contributed by atoms with Crippen LogP contribution in [0.1, 0.15) is 61.8 Å². The zero-order valence-corrected chi connectivity index (χ0v) is 20.1. The minimum absolute atomic E-state index is 0.0450. The van der Waals surface area contributed by atoms with E-state index in [1.807, 2.05) is 31.2 Å². The van der Waals surface area contributed by atoms with Gasteiger partial charge in [0, 0.05) is 19.5 Å². The topological polar surface area (TPSA) is 75.7 Å². The van der Waals surface area contributed by atoms with Crippen LogP contribution in [0.5, 0.6) is 5.75 Å². The van der Waals surface area contributed by atoms with E-state index >= 15 is 0 Å². The molecule has 32 heavy (non-hydrogen) atoms. The van der Waals surface area contributed by atoms with Gasteiger partial charge in [-0.2, -0.15) is 4.31 Å². The summed E-state index contributed by atoms with van der Waals surface area (Å²) in [5.74, 6) is 0.535. The molecule has 1 amide bonds. The molecular weight excluding hydrogens is 424 g/mol. The molecule has 1 saturated heterocycles. The average molecular weight is 459 g/mol. The Kier molecular flexibility index (Phi) is 8.32. The zero-order chi connectivity index (χ0) is 23.1. The smallest absolute Gasteiger partial charge is 0.243 e. The van der Waals surface area contributed by atoms with Crippen LogP contribution < -0.4 is 10.1 Å². The number of amides is 1. The van der Waals surface area contributed by atoms with Gasteiger partial charge >= 0.3 is 0 Å². The van der Waals surface area contributed by atoms with Crippen molar-refractivity contribution in [3.63, 3.8) is 0 Å². The van der Waals surface area contributed by atoms with Gasteiger partial charge in [-0.1, -0.05) is 37.6 Å². The van der Waals surface area contributed by atoms with Gasteiger partial charge in [0.2, 0.25) is 15.9 Å². The molecule has 0 radical (unpaired) electrons. The molecule has 0 spiro atoms. The second kappa shape index (κ2) is 11.0. The van der Waals surface area contributed by atoms with Crippen molar-refractivity contribution in [2.75, 3.05) is 20.2 Å². The second-order valence-electron chi connectivity index (χ2n) is 8.32. The minimum Gasteiger partial charge on any atom is -0.496 e. The predicted octanol–water partition coefficient (Wildman–Crippen LogP) is 4.38. The Morgan fingerprint density at radius 1 is 1.12 bits per heavy atom. The van der Waals surface area contributed by atoms with Crippen LogP contribution in [0.25, 0.3) is 0 Å². The Bertz CT molecular complexity index is 1030. The Balaban J connectivity index is 1.71. The van der Waals surface area contributed by atoms with Crippen LogP contribution >= 0.6 is 0 Å². The lowest BCUT2D eigenvalue weighted by atomic mass is 9.99. The molecule has 174 valence electrons. The van der Waals surface area contributed by atoms with E-state index in [4.69, 9.17) is 4.74 Å². The fourth-order valence-electron chi connectivity index (χ4n) is 4.26. The van der Waals surface area contributed by atoms with Crippen LogP contribution in [-0.4, -0.2) is 38.8 Å². The summed E-state index contributed by atoms with van der Waals surface area (Å²) in [5, 5.41) is 3.12. The number of methoxy groups -OCH3 is 1. The molecule has 1 aliphatic rings. The fraction of sp³-hybridized carbons (Fsp3) is 0.480. The molecule has 1 aliphatic heterocycles. The summed E-state index contributed by atoms with van der Waals surface area (Å²) in [6.07, 6.45) is 4.30. The van der Waals surface area contributed by atoms with Crippen molar-refractivity contribution >= 4 is 15.9 Å². The maximum absolute atomic E-state index is 13.1. The standard InChI is InChI=1S/C25H34N2O4S/c1-4-23(22-11-7-6-10-19(22)2)26-25(28)15-12-20-18-21(13-14-24(20)31-3)32(29,30)27-16-8-5-9-17-27/h6-7,10-11,13-14,18,23H,4-5,8-9,12,15-17H2,1-3H3,(H,26,28). The number of nitrogens with one attached hydrogen (secondary N) is 1. The van der Waals surface area contributed by atoms with E-state index in [2.05, 4.69) is 12.2 Å². The van der Waals surface area contributed by atoms with Crippen molar-refractivity contribution in [1.82, 2.24) is 9.62 Å². The first-order valence-electron chi connectivity index (χ1n) is 11.4. The molecule has 1 unspecified atom stereocenters. The number of carbonyl (C=O) groups is 1. The van der Waals surface area contributed by atoms with Crippen LogP contribution in [0.4, 0.5) is 0 Å². The van der Waals surface area contributed by atoms with Gasteiger partial charge in [-0.25, -0.2) is 8.42 Å². The average Bonchev–Trinajstić information content (AvgIpc) is 2.82. The Hall–Kier alpha value is -2.38. The number of carbonyl (C=O) groups excluding carboxylic acids is 1. The van der Waals surface area contributed by atoms with Crippen LogP contribution in [-0.2, 0) is 21.2 Å². The number of ether oxygens (including phenoxy) is 1. The largest absolute Gasteiger partial charge is 0.496 e. The molecule has 1 heterocycles. The number of piperidine rings is 1. The highest BCUT2D eigenvalue weighted by molar-refractivity contribution is 7.89. The van der Waals surface area contributed by atoms with Crippen LogP contribution in [0, 0.1) is 6.92 Å². The molecule has 1 N–H and O–H groups in total. The first-order valence-corrected chi connectivity index (χ1v) is 12.8. The Morgan fingerprint density at radius 3 is 2.50 bits per heavy atom. The van der Waals surface area contributed by atoms with Gasteiger partial charge in [0.25, 0.3) is 0 Å². The minimum atomic E-state index is -3.53. The number of aryl methyl sites for hydroxylation is 2. The molecule has 0 aromatic heterocycles. The molecule has 7 heteroatoms. The molecule has 2 aromatic carbocycles. The first-order chi connectivity index (χ1) is 15.4. The monoisotopic (exact) mass is 458 g/mol. The Labute approximate surface area is 192 Å². The summed E-state index contributed by atoms with van der Waals surface area (Å²) < 4.78 is 33.1. The third-order valence-electron chi connectivity index (χ3n) is 6.13. The summed E-state index contributed by atoms with van der Waals surface area (Å²) in [6.45, 7) is 5.21. The molecule has 6 nitrogen and oxygen atoms in total. The first kappa shape index (κ1) is 24.3. The number of hydrogen-bond acceptors (Lipinski definition) is 4. The predicted molar refractivity (Wildman–Crippen MR) is 126 cm³/mol. The van der Waals surface area contributed by atoms with Crippen molar-refractivity contribution in [3.8, 4) is 5.75 Å². The van der Waals surface area contributed by atoms with Gasteiger partial charge < -0.3 is 10.1 Å². The van der Waals surface area contributed by atoms with Gasteiger partial charge in [0.15, 0.2) is 0 Å². The number of hydrogen-bond donors (Lipinski definition) is 1. The summed E-state index contributed by atoms with van der Waals surface area (Å²) >= 11 is 0. The lowest BCUT2D eigenvalue weighted by Crippen LogP contribution is -2.35. The molecule has 1 atom stereocenters. The van der Waals surface area contributed by atoms with E-state index in [1.54, 1.807) is 29.6 Å². The number of rotatable bonds is 9. The lowest BCUT2D eigenvalue weighted by molar-refractivity contribution is -0.121. The summed E-state index contributed by atoms with van der Waals surface area (Å²) in [4.78, 5) is 13.0. The number of benzene rings is 2. The molecule has 0 aliphatic carbocycles. The second-order valence-corrected chi connectivity index (χ2v) is 10.3. The van der Waals surface area contributed by atoms with Crippen molar-refractivity contribution in [2.45, 2.75) is 63.3 Å². The molecule has 3 rings (SSSR count). The van der Waals surface area contributed by atoms with Gasteiger partial charge in [0.1, 0.15) is 5.75 Å². The van der Waals surface area contributed by atoms with Crippen molar-refractivity contribution in [1.29, 1.82) is 0 Å². The van der Waals surface area contributed by atoms with Gasteiger partial charge in [0.05, 0.1) is 18.0 Å². The molecule has 0 saturated carbocycles. The zero-order valence-electron chi connectivity index (χ0n) is 19.3. The van der Waals surface area contributed by atoms with E-state index in [-0.39, 0.29) is 23.3 Å². The van der Waals surface area contributed by atoms with E-state index < -0.39 is 10.0 Å². The van der Waals surface area contributed by atoms with Crippen LogP contribution in [0.15, 0.2) is 47.4 Å². The number of sulfonamides is 1. The van der Waals surface area contributed by atoms with E-state index in [1.165, 1.54) is 0 Å². The molecule has 2 aromatic rings. The molecule has 0 bridgehead atoms. The van der Waals surface area contributed by atoms with Crippen LogP contribution in [0.3, 0.4) is 0 Å². The van der Waals surface area contributed by atoms with Crippen molar-refractivity contribution in [2.24, 2.45) is 0 Å². The summed E-state index contributed by atoms with van der Waals surface area (Å²) in [7, 11) is -1.98. The molecule has 1 fully saturated rings. The maximum atomic E-state index is 13.1. The van der Waals surface area contributed by atoms with Gasteiger partial charge in [-0.15, -0.1) is 0 Å². The Morgan fingerprint density at radius 2 is 1.84 bits per heavy atom. The van der Waals surface area contributed by atoms with Gasteiger partial charge in [-0.05, 0) is 67.5 Å². The van der Waals surface area contributed by atoms with Crippen molar-refractivity contribution < 1.29 is 17.9 Å². The highest BCUT2D eigenvalue weighted by Crippen LogP contribution is 2.27. The maximum Gasteiger partial charge on any atom is 0.243 e. The third kappa shape index (κ3) is 5.70. The van der Waals surface area contributed by atoms with Crippen LogP contribution in [0.2, 0.25) is 0 Å².